The highest BCUT2D eigenvalue weighted by molar-refractivity contribution is 5.64. The van der Waals surface area contributed by atoms with Crippen LogP contribution >= 0.6 is 0 Å². The van der Waals surface area contributed by atoms with E-state index in [-0.39, 0.29) is 5.75 Å². The molecule has 1 heterocycles. The molecule has 3 heteroatoms. The third-order valence-corrected chi connectivity index (χ3v) is 1.97. The highest BCUT2D eigenvalue weighted by Gasteiger charge is 1.98. The number of pyridine rings is 1. The van der Waals surface area contributed by atoms with Gasteiger partial charge in [-0.1, -0.05) is 12.1 Å². The Balaban J connectivity index is 2.44. The molecular formula is C11H10N2O. The van der Waals surface area contributed by atoms with Crippen LogP contribution in [0.1, 0.15) is 0 Å². The van der Waals surface area contributed by atoms with Gasteiger partial charge in [-0.05, 0) is 29.8 Å². The Hall–Kier alpha value is -2.03. The molecule has 0 spiro atoms. The van der Waals surface area contributed by atoms with Crippen molar-refractivity contribution in [3.8, 4) is 16.9 Å². The fourth-order valence-electron chi connectivity index (χ4n) is 1.26. The Morgan fingerprint density at radius 1 is 1.07 bits per heavy atom. The highest BCUT2D eigenvalue weighted by Crippen LogP contribution is 2.22. The van der Waals surface area contributed by atoms with Crippen LogP contribution in [0.15, 0.2) is 42.6 Å². The second kappa shape index (κ2) is 3.38. The fourth-order valence-corrected chi connectivity index (χ4v) is 1.26. The monoisotopic (exact) mass is 186 g/mol. The average Bonchev–Trinajstić information content (AvgIpc) is 2.19. The zero-order chi connectivity index (χ0) is 9.97. The maximum Gasteiger partial charge on any atom is 0.123 e. The number of anilines is 1. The van der Waals surface area contributed by atoms with Crippen molar-refractivity contribution in [3.63, 3.8) is 0 Å². The van der Waals surface area contributed by atoms with E-state index in [0.29, 0.717) is 5.82 Å². The zero-order valence-corrected chi connectivity index (χ0v) is 7.51. The van der Waals surface area contributed by atoms with Crippen molar-refractivity contribution in [3.05, 3.63) is 42.6 Å². The van der Waals surface area contributed by atoms with E-state index in [9.17, 15) is 5.11 Å². The van der Waals surface area contributed by atoms with Gasteiger partial charge in [0.05, 0.1) is 0 Å². The average molecular weight is 186 g/mol. The lowest BCUT2D eigenvalue weighted by Gasteiger charge is -2.01. The standard InChI is InChI=1S/C11H10N2O/c12-11-5-4-9(7-13-11)8-2-1-3-10(14)6-8/h1-7,14H,(H2,12,13). The minimum Gasteiger partial charge on any atom is -0.508 e. The van der Waals surface area contributed by atoms with Crippen molar-refractivity contribution < 1.29 is 5.11 Å². The maximum atomic E-state index is 9.28. The van der Waals surface area contributed by atoms with Gasteiger partial charge >= 0.3 is 0 Å². The molecule has 2 rings (SSSR count). The van der Waals surface area contributed by atoms with Crippen LogP contribution in [0.2, 0.25) is 0 Å². The molecule has 0 saturated carbocycles. The molecule has 3 nitrogen and oxygen atoms in total. The number of phenols is 1. The van der Waals surface area contributed by atoms with Crippen LogP contribution in [-0.2, 0) is 0 Å². The van der Waals surface area contributed by atoms with Crippen LogP contribution in [0.4, 0.5) is 5.82 Å². The minimum atomic E-state index is 0.249. The van der Waals surface area contributed by atoms with E-state index in [1.165, 1.54) is 0 Å². The van der Waals surface area contributed by atoms with Gasteiger partial charge in [0.1, 0.15) is 11.6 Å². The number of nitrogen functional groups attached to an aromatic ring is 1. The smallest absolute Gasteiger partial charge is 0.123 e. The molecule has 0 aliphatic carbocycles. The van der Waals surface area contributed by atoms with Gasteiger partial charge in [-0.2, -0.15) is 0 Å². The van der Waals surface area contributed by atoms with Crippen molar-refractivity contribution in [2.45, 2.75) is 0 Å². The summed E-state index contributed by atoms with van der Waals surface area (Å²) in [5.41, 5.74) is 7.34. The molecule has 0 atom stereocenters. The summed E-state index contributed by atoms with van der Waals surface area (Å²) < 4.78 is 0. The number of hydrogen-bond acceptors (Lipinski definition) is 3. The molecule has 70 valence electrons. The molecule has 1 aromatic heterocycles. The third kappa shape index (κ3) is 1.66. The summed E-state index contributed by atoms with van der Waals surface area (Å²) in [7, 11) is 0. The van der Waals surface area contributed by atoms with Crippen LogP contribution in [0.25, 0.3) is 11.1 Å². The second-order valence-corrected chi connectivity index (χ2v) is 3.02. The quantitative estimate of drug-likeness (QED) is 0.716. The van der Waals surface area contributed by atoms with E-state index < -0.39 is 0 Å². The van der Waals surface area contributed by atoms with E-state index in [1.807, 2.05) is 12.1 Å². The summed E-state index contributed by atoms with van der Waals surface area (Å²) in [6.07, 6.45) is 1.68. The molecule has 2 aromatic rings. The Morgan fingerprint density at radius 3 is 2.57 bits per heavy atom. The number of benzene rings is 1. The summed E-state index contributed by atoms with van der Waals surface area (Å²) in [6.45, 7) is 0. The second-order valence-electron chi connectivity index (χ2n) is 3.02. The number of phenolic OH excluding ortho intramolecular Hbond substituents is 1. The molecule has 0 bridgehead atoms. The predicted octanol–water partition coefficient (Wildman–Crippen LogP) is 2.04. The van der Waals surface area contributed by atoms with Gasteiger partial charge in [0, 0.05) is 11.8 Å². The number of rotatable bonds is 1. The molecule has 0 amide bonds. The lowest BCUT2D eigenvalue weighted by atomic mass is 10.1. The largest absolute Gasteiger partial charge is 0.508 e. The van der Waals surface area contributed by atoms with Gasteiger partial charge < -0.3 is 10.8 Å². The lowest BCUT2D eigenvalue weighted by Crippen LogP contribution is -1.88. The van der Waals surface area contributed by atoms with E-state index in [1.54, 1.807) is 30.5 Å². The van der Waals surface area contributed by atoms with Crippen LogP contribution in [-0.4, -0.2) is 10.1 Å². The molecule has 0 unspecified atom stereocenters. The van der Waals surface area contributed by atoms with Crippen molar-refractivity contribution in [1.29, 1.82) is 0 Å². The topological polar surface area (TPSA) is 59.1 Å². The van der Waals surface area contributed by atoms with Gasteiger partial charge in [0.15, 0.2) is 0 Å². The van der Waals surface area contributed by atoms with Gasteiger partial charge in [0.25, 0.3) is 0 Å². The molecular weight excluding hydrogens is 176 g/mol. The highest BCUT2D eigenvalue weighted by atomic mass is 16.3. The van der Waals surface area contributed by atoms with Crippen LogP contribution in [0, 0.1) is 0 Å². The molecule has 0 fully saturated rings. The van der Waals surface area contributed by atoms with Gasteiger partial charge in [-0.25, -0.2) is 4.98 Å². The zero-order valence-electron chi connectivity index (χ0n) is 7.51. The van der Waals surface area contributed by atoms with E-state index >= 15 is 0 Å². The molecule has 1 aromatic carbocycles. The van der Waals surface area contributed by atoms with Crippen molar-refractivity contribution >= 4 is 5.82 Å². The SMILES string of the molecule is Nc1ccc(-c2cccc(O)c2)cn1. The number of hydrogen-bond donors (Lipinski definition) is 2. The van der Waals surface area contributed by atoms with E-state index in [4.69, 9.17) is 5.73 Å². The Kier molecular flexibility index (Phi) is 2.07. The van der Waals surface area contributed by atoms with Crippen LogP contribution in [0.3, 0.4) is 0 Å². The van der Waals surface area contributed by atoms with Crippen LogP contribution < -0.4 is 5.73 Å². The number of nitrogens with two attached hydrogens (primary N) is 1. The lowest BCUT2D eigenvalue weighted by molar-refractivity contribution is 0.475. The van der Waals surface area contributed by atoms with Crippen LogP contribution in [0.5, 0.6) is 5.75 Å². The van der Waals surface area contributed by atoms with Gasteiger partial charge in [-0.15, -0.1) is 0 Å². The minimum absolute atomic E-state index is 0.249. The van der Waals surface area contributed by atoms with Gasteiger partial charge in [-0.3, -0.25) is 0 Å². The Labute approximate surface area is 81.8 Å². The summed E-state index contributed by atoms with van der Waals surface area (Å²) in [5, 5.41) is 9.28. The van der Waals surface area contributed by atoms with Crippen molar-refractivity contribution in [1.82, 2.24) is 4.98 Å². The molecule has 0 radical (unpaired) electrons. The number of aromatic nitrogens is 1. The Bertz CT molecular complexity index is 437. The number of aromatic hydroxyl groups is 1. The first-order valence-electron chi connectivity index (χ1n) is 4.26. The first-order valence-corrected chi connectivity index (χ1v) is 4.26. The van der Waals surface area contributed by atoms with E-state index in [0.717, 1.165) is 11.1 Å². The summed E-state index contributed by atoms with van der Waals surface area (Å²) in [4.78, 5) is 3.98. The molecule has 0 saturated heterocycles. The first kappa shape index (κ1) is 8.56. The van der Waals surface area contributed by atoms with E-state index in [2.05, 4.69) is 4.98 Å². The Morgan fingerprint density at radius 2 is 1.93 bits per heavy atom. The molecule has 3 N–H and O–H groups in total. The molecule has 0 aliphatic rings. The summed E-state index contributed by atoms with van der Waals surface area (Å²) >= 11 is 0. The molecule has 14 heavy (non-hydrogen) atoms. The van der Waals surface area contributed by atoms with Crippen molar-refractivity contribution in [2.24, 2.45) is 0 Å². The van der Waals surface area contributed by atoms with Crippen molar-refractivity contribution in [2.75, 3.05) is 5.73 Å². The predicted molar refractivity (Wildman–Crippen MR) is 55.8 cm³/mol. The normalized spacial score (nSPS) is 10.0. The maximum absolute atomic E-state index is 9.28. The summed E-state index contributed by atoms with van der Waals surface area (Å²) in [6, 6.07) is 10.6. The number of nitrogens with zero attached hydrogens (tertiary/aromatic N) is 1. The van der Waals surface area contributed by atoms with Gasteiger partial charge in [0.2, 0.25) is 0 Å². The first-order chi connectivity index (χ1) is 6.75. The third-order valence-electron chi connectivity index (χ3n) is 1.97. The summed E-state index contributed by atoms with van der Waals surface area (Å²) in [5.74, 6) is 0.744. The fraction of sp³-hybridized carbons (Fsp3) is 0. The molecule has 0 aliphatic heterocycles.